The van der Waals surface area contributed by atoms with Crippen molar-refractivity contribution in [1.82, 2.24) is 0 Å². The molecule has 1 saturated carbocycles. The normalized spacial score (nSPS) is 13.9. The zero-order valence-electron chi connectivity index (χ0n) is 10.4. The zero-order chi connectivity index (χ0) is 12.1. The fraction of sp³-hybridized carbons (Fsp3) is 0.571. The molecule has 2 nitrogen and oxygen atoms in total. The van der Waals surface area contributed by atoms with Crippen LogP contribution in [0.15, 0.2) is 30.3 Å². The zero-order valence-corrected chi connectivity index (χ0v) is 10.4. The fourth-order valence-electron chi connectivity index (χ4n) is 1.67. The second kappa shape index (κ2) is 12.2. The molecule has 1 aromatic carbocycles. The first-order chi connectivity index (χ1) is 7.93. The molecule has 1 aliphatic carbocycles. The van der Waals surface area contributed by atoms with E-state index >= 15 is 0 Å². The van der Waals surface area contributed by atoms with Gasteiger partial charge in [-0.3, -0.25) is 0 Å². The number of hydrogen-bond donors (Lipinski definition) is 2. The molecular formula is C14H25NO. The van der Waals surface area contributed by atoms with Gasteiger partial charge in [0.15, 0.2) is 0 Å². The van der Waals surface area contributed by atoms with Crippen LogP contribution in [0.2, 0.25) is 0 Å². The Kier molecular flexibility index (Phi) is 11.6. The van der Waals surface area contributed by atoms with Crippen LogP contribution in [0.25, 0.3) is 0 Å². The maximum atomic E-state index is 7.00. The van der Waals surface area contributed by atoms with Gasteiger partial charge in [0.05, 0.1) is 0 Å². The summed E-state index contributed by atoms with van der Waals surface area (Å²) < 4.78 is 0. The van der Waals surface area contributed by atoms with E-state index in [9.17, 15) is 0 Å². The molecule has 0 bridgehead atoms. The van der Waals surface area contributed by atoms with Gasteiger partial charge < -0.3 is 10.8 Å². The van der Waals surface area contributed by atoms with E-state index in [0.717, 1.165) is 7.11 Å². The first-order valence-electron chi connectivity index (χ1n) is 6.12. The first-order valence-corrected chi connectivity index (χ1v) is 6.12. The average molecular weight is 223 g/mol. The summed E-state index contributed by atoms with van der Waals surface area (Å²) in [5, 5.41) is 7.00. The van der Waals surface area contributed by atoms with Crippen molar-refractivity contribution in [2.45, 2.75) is 45.1 Å². The number of nitrogens with two attached hydrogens (primary N) is 1. The van der Waals surface area contributed by atoms with Crippen molar-refractivity contribution in [2.24, 2.45) is 5.73 Å². The van der Waals surface area contributed by atoms with E-state index in [4.69, 9.17) is 10.8 Å². The molecule has 2 rings (SSSR count). The van der Waals surface area contributed by atoms with Crippen LogP contribution in [-0.4, -0.2) is 12.2 Å². The van der Waals surface area contributed by atoms with E-state index < -0.39 is 0 Å². The van der Waals surface area contributed by atoms with Crippen LogP contribution in [0.5, 0.6) is 0 Å². The highest BCUT2D eigenvalue weighted by molar-refractivity contribution is 5.13. The molecule has 0 aliphatic heterocycles. The summed E-state index contributed by atoms with van der Waals surface area (Å²) in [5.74, 6) is 0. The quantitative estimate of drug-likeness (QED) is 0.768. The summed E-state index contributed by atoms with van der Waals surface area (Å²) >= 11 is 0. The molecular weight excluding hydrogens is 198 g/mol. The third-order valence-corrected chi connectivity index (χ3v) is 2.58. The molecule has 0 spiro atoms. The highest BCUT2D eigenvalue weighted by atomic mass is 16.2. The van der Waals surface area contributed by atoms with Crippen LogP contribution < -0.4 is 5.73 Å². The number of hydrogen-bond acceptors (Lipinski definition) is 2. The average Bonchev–Trinajstić information content (AvgIpc) is 2.44. The Bertz CT molecular complexity index is 208. The molecule has 0 radical (unpaired) electrons. The lowest BCUT2D eigenvalue weighted by molar-refractivity contribution is 0.399. The third kappa shape index (κ3) is 8.45. The van der Waals surface area contributed by atoms with Crippen LogP contribution in [-0.2, 0) is 6.54 Å². The molecule has 1 aromatic rings. The second-order valence-electron chi connectivity index (χ2n) is 3.81. The van der Waals surface area contributed by atoms with Gasteiger partial charge in [-0.1, -0.05) is 68.9 Å². The van der Waals surface area contributed by atoms with Crippen molar-refractivity contribution >= 4 is 0 Å². The molecule has 0 amide bonds. The number of aliphatic hydroxyl groups is 1. The second-order valence-corrected chi connectivity index (χ2v) is 3.81. The summed E-state index contributed by atoms with van der Waals surface area (Å²) in [6.45, 7) is 0.640. The first kappa shape index (κ1) is 15.1. The van der Waals surface area contributed by atoms with Crippen LogP contribution in [0, 0.1) is 0 Å². The van der Waals surface area contributed by atoms with Gasteiger partial charge in [0.25, 0.3) is 0 Å². The molecule has 1 fully saturated rings. The van der Waals surface area contributed by atoms with Crippen LogP contribution in [0.3, 0.4) is 0 Å². The minimum absolute atomic E-state index is 0.640. The van der Waals surface area contributed by atoms with E-state index in [1.54, 1.807) is 0 Å². The summed E-state index contributed by atoms with van der Waals surface area (Å²) in [6, 6.07) is 9.99. The minimum Gasteiger partial charge on any atom is -0.400 e. The van der Waals surface area contributed by atoms with Gasteiger partial charge in [-0.25, -0.2) is 0 Å². The molecule has 0 atom stereocenters. The molecule has 16 heavy (non-hydrogen) atoms. The number of rotatable bonds is 1. The molecule has 0 heterocycles. The van der Waals surface area contributed by atoms with Crippen LogP contribution in [0.1, 0.15) is 44.1 Å². The summed E-state index contributed by atoms with van der Waals surface area (Å²) in [6.07, 6.45) is 9.00. The monoisotopic (exact) mass is 223 g/mol. The molecule has 2 heteroatoms. The smallest absolute Gasteiger partial charge is 0.0319 e. The maximum absolute atomic E-state index is 7.00. The predicted molar refractivity (Wildman–Crippen MR) is 70.2 cm³/mol. The lowest BCUT2D eigenvalue weighted by atomic mass is 10.0. The highest BCUT2D eigenvalue weighted by Crippen LogP contribution is 2.15. The fourth-order valence-corrected chi connectivity index (χ4v) is 1.67. The van der Waals surface area contributed by atoms with Crippen molar-refractivity contribution in [3.8, 4) is 0 Å². The summed E-state index contributed by atoms with van der Waals surface area (Å²) in [7, 11) is 1.00. The lowest BCUT2D eigenvalue weighted by Gasteiger charge is -2.05. The van der Waals surface area contributed by atoms with E-state index in [2.05, 4.69) is 0 Å². The Labute approximate surface area is 99.5 Å². The molecule has 3 N–H and O–H groups in total. The predicted octanol–water partition coefficient (Wildman–Crippen LogP) is 3.09. The lowest BCUT2D eigenvalue weighted by Crippen LogP contribution is -1.94. The van der Waals surface area contributed by atoms with Crippen molar-refractivity contribution < 1.29 is 5.11 Å². The van der Waals surface area contributed by atoms with E-state index in [1.165, 1.54) is 44.1 Å². The Balaban J connectivity index is 0.000000251. The van der Waals surface area contributed by atoms with Gasteiger partial charge in [0, 0.05) is 13.7 Å². The van der Waals surface area contributed by atoms with Gasteiger partial charge in [0.2, 0.25) is 0 Å². The largest absolute Gasteiger partial charge is 0.400 e. The Morgan fingerprint density at radius 3 is 1.50 bits per heavy atom. The standard InChI is InChI=1S/C7H9N.C6H12.CH4O/c8-6-7-4-2-1-3-5-7;1-2-4-6-5-3-1;1-2/h1-5H,6,8H2;1-6H2;2H,1H3. The molecule has 0 unspecified atom stereocenters. The van der Waals surface area contributed by atoms with Crippen LogP contribution in [0.4, 0.5) is 0 Å². The SMILES string of the molecule is C1CCCCC1.CO.NCc1ccccc1. The van der Waals surface area contributed by atoms with Gasteiger partial charge in [-0.2, -0.15) is 0 Å². The summed E-state index contributed by atoms with van der Waals surface area (Å²) in [5.41, 5.74) is 6.54. The van der Waals surface area contributed by atoms with Gasteiger partial charge in [0.1, 0.15) is 0 Å². The summed E-state index contributed by atoms with van der Waals surface area (Å²) in [4.78, 5) is 0. The van der Waals surface area contributed by atoms with Crippen molar-refractivity contribution in [2.75, 3.05) is 7.11 Å². The Morgan fingerprint density at radius 1 is 0.875 bits per heavy atom. The van der Waals surface area contributed by atoms with E-state index in [1.807, 2.05) is 30.3 Å². The third-order valence-electron chi connectivity index (χ3n) is 2.58. The molecule has 0 aromatic heterocycles. The molecule has 0 saturated heterocycles. The number of benzene rings is 1. The molecule has 92 valence electrons. The minimum atomic E-state index is 0.640. The maximum Gasteiger partial charge on any atom is 0.0319 e. The molecule has 1 aliphatic rings. The van der Waals surface area contributed by atoms with Crippen molar-refractivity contribution in [1.29, 1.82) is 0 Å². The highest BCUT2D eigenvalue weighted by Gasteiger charge is 1.95. The van der Waals surface area contributed by atoms with Gasteiger partial charge in [-0.05, 0) is 5.56 Å². The van der Waals surface area contributed by atoms with E-state index in [-0.39, 0.29) is 0 Å². The van der Waals surface area contributed by atoms with Gasteiger partial charge in [-0.15, -0.1) is 0 Å². The van der Waals surface area contributed by atoms with Crippen molar-refractivity contribution in [3.05, 3.63) is 35.9 Å². The topological polar surface area (TPSA) is 46.2 Å². The Morgan fingerprint density at radius 2 is 1.25 bits per heavy atom. The van der Waals surface area contributed by atoms with Crippen LogP contribution >= 0.6 is 0 Å². The van der Waals surface area contributed by atoms with Crippen molar-refractivity contribution in [3.63, 3.8) is 0 Å². The Hall–Kier alpha value is -0.860. The van der Waals surface area contributed by atoms with E-state index in [0.29, 0.717) is 6.54 Å². The van der Waals surface area contributed by atoms with Gasteiger partial charge >= 0.3 is 0 Å². The number of aliphatic hydroxyl groups excluding tert-OH is 1.